The zero-order valence-electron chi connectivity index (χ0n) is 17.2. The minimum atomic E-state index is -0.502. The van der Waals surface area contributed by atoms with Gasteiger partial charge in [0.15, 0.2) is 0 Å². The first-order valence-corrected chi connectivity index (χ1v) is 10.1. The lowest BCUT2D eigenvalue weighted by Gasteiger charge is -2.24. The van der Waals surface area contributed by atoms with E-state index in [1.165, 1.54) is 12.1 Å². The highest BCUT2D eigenvalue weighted by atomic mass is 19.1. The lowest BCUT2D eigenvalue weighted by molar-refractivity contribution is 0.0762. The van der Waals surface area contributed by atoms with Gasteiger partial charge in [-0.1, -0.05) is 24.3 Å². The van der Waals surface area contributed by atoms with Gasteiger partial charge in [0.1, 0.15) is 17.7 Å². The SMILES string of the molecule is Cc1ccc2cc(C#N)c(N3CCCN(C(=O)c4ccccc4F)CC3)nc2c1C. The van der Waals surface area contributed by atoms with Crippen LogP contribution in [-0.2, 0) is 0 Å². The summed E-state index contributed by atoms with van der Waals surface area (Å²) in [6.07, 6.45) is 0.720. The molecule has 1 amide bonds. The van der Waals surface area contributed by atoms with Crippen LogP contribution in [0.25, 0.3) is 10.9 Å². The molecule has 2 heterocycles. The molecule has 0 spiro atoms. The Morgan fingerprint density at radius 3 is 2.67 bits per heavy atom. The van der Waals surface area contributed by atoms with Crippen LogP contribution in [0.5, 0.6) is 0 Å². The van der Waals surface area contributed by atoms with Crippen molar-refractivity contribution in [2.45, 2.75) is 20.3 Å². The molecule has 0 atom stereocenters. The lowest BCUT2D eigenvalue weighted by Crippen LogP contribution is -2.36. The standard InChI is InChI=1S/C24H23FN4O/c1-16-8-9-18-14-19(15-26)23(27-22(18)17(16)2)28-10-5-11-29(13-12-28)24(30)20-6-3-4-7-21(20)25/h3-4,6-9,14H,5,10-13H2,1-2H3. The molecule has 0 saturated carbocycles. The molecule has 0 radical (unpaired) electrons. The number of nitrogens with zero attached hydrogens (tertiary/aromatic N) is 4. The Morgan fingerprint density at radius 2 is 1.90 bits per heavy atom. The van der Waals surface area contributed by atoms with Crippen molar-refractivity contribution in [1.29, 1.82) is 5.26 Å². The Bertz CT molecular complexity index is 1170. The second-order valence-corrected chi connectivity index (χ2v) is 7.66. The van der Waals surface area contributed by atoms with Gasteiger partial charge in [0, 0.05) is 31.6 Å². The predicted octanol–water partition coefficient (Wildman–Crippen LogP) is 4.21. The topological polar surface area (TPSA) is 60.2 Å². The summed E-state index contributed by atoms with van der Waals surface area (Å²) in [6.45, 7) is 6.30. The molecule has 0 aliphatic carbocycles. The average molecular weight is 402 g/mol. The number of carbonyl (C=O) groups is 1. The van der Waals surface area contributed by atoms with Crippen LogP contribution >= 0.6 is 0 Å². The van der Waals surface area contributed by atoms with Crippen molar-refractivity contribution in [3.8, 4) is 6.07 Å². The number of halogens is 1. The van der Waals surface area contributed by atoms with E-state index in [0.29, 0.717) is 37.6 Å². The molecule has 1 aliphatic rings. The summed E-state index contributed by atoms with van der Waals surface area (Å²) >= 11 is 0. The second-order valence-electron chi connectivity index (χ2n) is 7.66. The van der Waals surface area contributed by atoms with Crippen LogP contribution in [0, 0.1) is 31.0 Å². The maximum absolute atomic E-state index is 14.1. The van der Waals surface area contributed by atoms with E-state index in [4.69, 9.17) is 4.98 Å². The smallest absolute Gasteiger partial charge is 0.256 e. The van der Waals surface area contributed by atoms with Crippen molar-refractivity contribution in [3.05, 3.63) is 70.5 Å². The quantitative estimate of drug-likeness (QED) is 0.644. The molecule has 30 heavy (non-hydrogen) atoms. The molecule has 0 unspecified atom stereocenters. The van der Waals surface area contributed by atoms with E-state index in [1.807, 2.05) is 32.0 Å². The van der Waals surface area contributed by atoms with E-state index < -0.39 is 5.82 Å². The van der Waals surface area contributed by atoms with Crippen LogP contribution in [0.4, 0.5) is 10.2 Å². The Morgan fingerprint density at radius 1 is 1.10 bits per heavy atom. The number of amides is 1. The van der Waals surface area contributed by atoms with Gasteiger partial charge >= 0.3 is 0 Å². The van der Waals surface area contributed by atoms with Crippen LogP contribution < -0.4 is 4.90 Å². The summed E-state index contributed by atoms with van der Waals surface area (Å²) in [5.41, 5.74) is 3.78. The highest BCUT2D eigenvalue weighted by Crippen LogP contribution is 2.27. The molecule has 4 rings (SSSR count). The van der Waals surface area contributed by atoms with Gasteiger partial charge in [-0.05, 0) is 49.6 Å². The van der Waals surface area contributed by atoms with Gasteiger partial charge < -0.3 is 9.80 Å². The zero-order chi connectivity index (χ0) is 21.3. The van der Waals surface area contributed by atoms with Crippen LogP contribution in [0.2, 0.25) is 0 Å². The van der Waals surface area contributed by atoms with Gasteiger partial charge in [0.05, 0.1) is 16.6 Å². The van der Waals surface area contributed by atoms with Crippen molar-refractivity contribution < 1.29 is 9.18 Å². The molecule has 1 aliphatic heterocycles. The first-order chi connectivity index (χ1) is 14.5. The van der Waals surface area contributed by atoms with E-state index in [0.717, 1.165) is 28.5 Å². The molecule has 1 fully saturated rings. The number of hydrogen-bond acceptors (Lipinski definition) is 4. The molecule has 0 bridgehead atoms. The Balaban J connectivity index is 1.62. The molecule has 2 aromatic carbocycles. The van der Waals surface area contributed by atoms with Crippen LogP contribution in [-0.4, -0.2) is 42.0 Å². The van der Waals surface area contributed by atoms with Gasteiger partial charge in [-0.2, -0.15) is 5.26 Å². The monoisotopic (exact) mass is 402 g/mol. The van der Waals surface area contributed by atoms with Crippen LogP contribution in [0.15, 0.2) is 42.5 Å². The average Bonchev–Trinajstić information content (AvgIpc) is 3.02. The number of pyridine rings is 1. The highest BCUT2D eigenvalue weighted by molar-refractivity contribution is 5.94. The third-order valence-corrected chi connectivity index (χ3v) is 5.80. The fourth-order valence-corrected chi connectivity index (χ4v) is 3.93. The van der Waals surface area contributed by atoms with E-state index >= 15 is 0 Å². The summed E-state index contributed by atoms with van der Waals surface area (Å²) in [5.74, 6) is -0.148. The lowest BCUT2D eigenvalue weighted by atomic mass is 10.0. The van der Waals surface area contributed by atoms with Crippen molar-refractivity contribution in [2.24, 2.45) is 0 Å². The number of nitriles is 1. The van der Waals surface area contributed by atoms with Gasteiger partial charge in [-0.25, -0.2) is 9.37 Å². The van der Waals surface area contributed by atoms with Crippen molar-refractivity contribution in [1.82, 2.24) is 9.88 Å². The molecular formula is C24H23FN4O. The van der Waals surface area contributed by atoms with Crippen molar-refractivity contribution in [3.63, 3.8) is 0 Å². The minimum Gasteiger partial charge on any atom is -0.354 e. The number of anilines is 1. The summed E-state index contributed by atoms with van der Waals surface area (Å²) in [6, 6.07) is 14.3. The maximum Gasteiger partial charge on any atom is 0.256 e. The summed E-state index contributed by atoms with van der Waals surface area (Å²) < 4.78 is 14.1. The number of carbonyl (C=O) groups excluding carboxylic acids is 1. The van der Waals surface area contributed by atoms with Crippen molar-refractivity contribution in [2.75, 3.05) is 31.1 Å². The molecule has 5 nitrogen and oxygen atoms in total. The largest absolute Gasteiger partial charge is 0.354 e. The number of aromatic nitrogens is 1. The normalized spacial score (nSPS) is 14.5. The number of fused-ring (bicyclic) bond motifs is 1. The van der Waals surface area contributed by atoms with E-state index in [9.17, 15) is 14.4 Å². The zero-order valence-corrected chi connectivity index (χ0v) is 17.2. The molecular weight excluding hydrogens is 379 g/mol. The minimum absolute atomic E-state index is 0.0959. The first kappa shape index (κ1) is 19.8. The highest BCUT2D eigenvalue weighted by Gasteiger charge is 2.24. The molecule has 6 heteroatoms. The van der Waals surface area contributed by atoms with Gasteiger partial charge in [0.25, 0.3) is 5.91 Å². The number of benzene rings is 2. The van der Waals surface area contributed by atoms with E-state index in [2.05, 4.69) is 11.0 Å². The molecule has 3 aromatic rings. The third kappa shape index (κ3) is 3.59. The van der Waals surface area contributed by atoms with Crippen molar-refractivity contribution >= 4 is 22.6 Å². The predicted molar refractivity (Wildman–Crippen MR) is 115 cm³/mol. The second kappa shape index (κ2) is 8.11. The Labute approximate surface area is 175 Å². The Hall–Kier alpha value is -3.46. The summed E-state index contributed by atoms with van der Waals surface area (Å²) in [7, 11) is 0. The number of aryl methyl sites for hydroxylation is 2. The first-order valence-electron chi connectivity index (χ1n) is 10.1. The summed E-state index contributed by atoms with van der Waals surface area (Å²) in [4.78, 5) is 21.4. The number of hydrogen-bond donors (Lipinski definition) is 0. The van der Waals surface area contributed by atoms with Crippen LogP contribution in [0.3, 0.4) is 0 Å². The summed E-state index contributed by atoms with van der Waals surface area (Å²) in [5, 5.41) is 10.6. The molecule has 1 saturated heterocycles. The van der Waals surface area contributed by atoms with Crippen LogP contribution in [0.1, 0.15) is 33.5 Å². The molecule has 1 aromatic heterocycles. The fourth-order valence-electron chi connectivity index (χ4n) is 3.93. The van der Waals surface area contributed by atoms with E-state index in [-0.39, 0.29) is 11.5 Å². The van der Waals surface area contributed by atoms with Gasteiger partial charge in [-0.15, -0.1) is 0 Å². The third-order valence-electron chi connectivity index (χ3n) is 5.80. The Kier molecular flexibility index (Phi) is 5.37. The number of rotatable bonds is 2. The molecule has 0 N–H and O–H groups in total. The van der Waals surface area contributed by atoms with E-state index in [1.54, 1.807) is 17.0 Å². The fraction of sp³-hybridized carbons (Fsp3) is 0.292. The molecule has 152 valence electrons. The van der Waals surface area contributed by atoms with Gasteiger partial charge in [0.2, 0.25) is 0 Å². The van der Waals surface area contributed by atoms with Gasteiger partial charge in [-0.3, -0.25) is 4.79 Å². The maximum atomic E-state index is 14.1.